The van der Waals surface area contributed by atoms with Crippen LogP contribution >= 0.6 is 0 Å². The first-order valence-electron chi connectivity index (χ1n) is 5.13. The van der Waals surface area contributed by atoms with Gasteiger partial charge < -0.3 is 5.73 Å². The van der Waals surface area contributed by atoms with E-state index >= 15 is 0 Å². The van der Waals surface area contributed by atoms with Crippen LogP contribution in [0.5, 0.6) is 0 Å². The zero-order valence-electron chi connectivity index (χ0n) is 9.90. The van der Waals surface area contributed by atoms with Gasteiger partial charge in [0, 0.05) is 0 Å². The summed E-state index contributed by atoms with van der Waals surface area (Å²) in [5.41, 5.74) is 5.87. The Morgan fingerprint density at radius 1 is 1.47 bits per heavy atom. The Labute approximate surface area is 97.3 Å². The number of aromatic nitrogens is 4. The molecular weight excluding hydrogens is 222 g/mol. The van der Waals surface area contributed by atoms with Gasteiger partial charge in [-0.2, -0.15) is 4.98 Å². The van der Waals surface area contributed by atoms with Crippen LogP contribution in [0.1, 0.15) is 6.92 Å². The molecule has 0 atom stereocenters. The highest BCUT2D eigenvalue weighted by molar-refractivity contribution is 5.70. The largest absolute Gasteiger partial charge is 0.369 e. The molecule has 0 aromatic carbocycles. The molecule has 92 valence electrons. The molecule has 0 unspecified atom stereocenters. The Kier molecular flexibility index (Phi) is 2.60. The molecule has 2 aromatic heterocycles. The number of rotatable bonds is 3. The SMILES string of the molecule is CNC(C)(NC)n1cnc2c(=O)[nH]c(N)nc21. The lowest BCUT2D eigenvalue weighted by molar-refractivity contribution is 0.219. The molecule has 0 amide bonds. The normalized spacial score (nSPS) is 12.2. The van der Waals surface area contributed by atoms with Crippen LogP contribution in [0.15, 0.2) is 11.1 Å². The summed E-state index contributed by atoms with van der Waals surface area (Å²) in [7, 11) is 3.58. The lowest BCUT2D eigenvalue weighted by atomic mass is 10.3. The predicted molar refractivity (Wildman–Crippen MR) is 64.3 cm³/mol. The average molecular weight is 237 g/mol. The van der Waals surface area contributed by atoms with Crippen LogP contribution in [0, 0.1) is 0 Å². The fourth-order valence-corrected chi connectivity index (χ4v) is 1.62. The third-order valence-corrected chi connectivity index (χ3v) is 2.88. The number of nitrogens with zero attached hydrogens (tertiary/aromatic N) is 3. The van der Waals surface area contributed by atoms with Gasteiger partial charge in [0.25, 0.3) is 5.56 Å². The summed E-state index contributed by atoms with van der Waals surface area (Å²) >= 11 is 0. The number of nitrogens with two attached hydrogens (primary N) is 1. The van der Waals surface area contributed by atoms with Gasteiger partial charge in [0.1, 0.15) is 5.79 Å². The molecule has 0 aliphatic rings. The fraction of sp³-hybridized carbons (Fsp3) is 0.444. The van der Waals surface area contributed by atoms with Crippen molar-refractivity contribution in [2.45, 2.75) is 12.7 Å². The van der Waals surface area contributed by atoms with Crippen LogP contribution in [0.2, 0.25) is 0 Å². The molecule has 0 aliphatic heterocycles. The van der Waals surface area contributed by atoms with Crippen LogP contribution in [-0.2, 0) is 5.79 Å². The monoisotopic (exact) mass is 237 g/mol. The number of hydrogen-bond donors (Lipinski definition) is 4. The van der Waals surface area contributed by atoms with Crippen LogP contribution in [0.3, 0.4) is 0 Å². The van der Waals surface area contributed by atoms with Crippen molar-refractivity contribution in [3.8, 4) is 0 Å². The zero-order valence-corrected chi connectivity index (χ0v) is 9.90. The Morgan fingerprint density at radius 3 is 2.71 bits per heavy atom. The first-order chi connectivity index (χ1) is 8.01. The highest BCUT2D eigenvalue weighted by Crippen LogP contribution is 2.14. The van der Waals surface area contributed by atoms with Crippen molar-refractivity contribution in [2.75, 3.05) is 19.8 Å². The predicted octanol–water partition coefficient (Wildman–Crippen LogP) is -1.23. The Balaban J connectivity index is 2.76. The van der Waals surface area contributed by atoms with E-state index in [1.54, 1.807) is 25.0 Å². The topological polar surface area (TPSA) is 114 Å². The van der Waals surface area contributed by atoms with Gasteiger partial charge >= 0.3 is 0 Å². The number of nitrogens with one attached hydrogen (secondary N) is 3. The second-order valence-corrected chi connectivity index (χ2v) is 3.81. The van der Waals surface area contributed by atoms with Gasteiger partial charge in [-0.15, -0.1) is 0 Å². The van der Waals surface area contributed by atoms with Gasteiger partial charge in [-0.25, -0.2) is 4.98 Å². The third-order valence-electron chi connectivity index (χ3n) is 2.88. The fourth-order valence-electron chi connectivity index (χ4n) is 1.62. The first-order valence-corrected chi connectivity index (χ1v) is 5.13. The van der Waals surface area contributed by atoms with E-state index in [2.05, 4.69) is 25.6 Å². The van der Waals surface area contributed by atoms with Crippen molar-refractivity contribution in [3.05, 3.63) is 16.7 Å². The Morgan fingerprint density at radius 2 is 2.12 bits per heavy atom. The van der Waals surface area contributed by atoms with E-state index in [1.807, 2.05) is 6.92 Å². The summed E-state index contributed by atoms with van der Waals surface area (Å²) in [4.78, 5) is 22.2. The molecule has 0 radical (unpaired) electrons. The minimum atomic E-state index is -0.595. The van der Waals surface area contributed by atoms with E-state index in [-0.39, 0.29) is 17.0 Å². The molecule has 0 fully saturated rings. The molecule has 2 rings (SSSR count). The molecule has 0 spiro atoms. The maximum atomic E-state index is 11.6. The van der Waals surface area contributed by atoms with Crippen molar-refractivity contribution in [3.63, 3.8) is 0 Å². The van der Waals surface area contributed by atoms with Gasteiger partial charge in [-0.3, -0.25) is 25.0 Å². The zero-order chi connectivity index (χ0) is 12.6. The maximum absolute atomic E-state index is 11.6. The van der Waals surface area contributed by atoms with Crippen molar-refractivity contribution < 1.29 is 0 Å². The highest BCUT2D eigenvalue weighted by atomic mass is 16.1. The van der Waals surface area contributed by atoms with Crippen LogP contribution in [0.25, 0.3) is 11.2 Å². The molecule has 0 aliphatic carbocycles. The minimum Gasteiger partial charge on any atom is -0.369 e. The summed E-state index contributed by atoms with van der Waals surface area (Å²) in [6, 6.07) is 0. The molecule has 5 N–H and O–H groups in total. The third kappa shape index (κ3) is 1.67. The number of hydrogen-bond acceptors (Lipinski definition) is 6. The lowest BCUT2D eigenvalue weighted by Crippen LogP contribution is -2.53. The van der Waals surface area contributed by atoms with E-state index in [4.69, 9.17) is 5.73 Å². The molecule has 8 heteroatoms. The van der Waals surface area contributed by atoms with Crippen molar-refractivity contribution in [1.82, 2.24) is 30.2 Å². The molecule has 0 bridgehead atoms. The maximum Gasteiger partial charge on any atom is 0.280 e. The van der Waals surface area contributed by atoms with Gasteiger partial charge in [0.15, 0.2) is 11.2 Å². The summed E-state index contributed by atoms with van der Waals surface area (Å²) in [6.45, 7) is 1.90. The van der Waals surface area contributed by atoms with Gasteiger partial charge in [-0.05, 0) is 21.0 Å². The summed E-state index contributed by atoms with van der Waals surface area (Å²) in [5, 5.41) is 6.16. The minimum absolute atomic E-state index is 0.0683. The summed E-state index contributed by atoms with van der Waals surface area (Å²) in [6.07, 6.45) is 1.54. The van der Waals surface area contributed by atoms with E-state index in [9.17, 15) is 4.79 Å². The van der Waals surface area contributed by atoms with Crippen molar-refractivity contribution >= 4 is 17.1 Å². The van der Waals surface area contributed by atoms with Crippen LogP contribution in [0.4, 0.5) is 5.95 Å². The van der Waals surface area contributed by atoms with E-state index < -0.39 is 5.79 Å². The molecular formula is C9H15N7O. The van der Waals surface area contributed by atoms with Gasteiger partial charge in [0.2, 0.25) is 5.95 Å². The molecule has 17 heavy (non-hydrogen) atoms. The molecule has 0 saturated carbocycles. The van der Waals surface area contributed by atoms with E-state index in [1.165, 1.54) is 0 Å². The Hall–Kier alpha value is -1.93. The number of fused-ring (bicyclic) bond motifs is 1. The van der Waals surface area contributed by atoms with Crippen molar-refractivity contribution in [1.29, 1.82) is 0 Å². The number of nitrogen functional groups attached to an aromatic ring is 1. The van der Waals surface area contributed by atoms with E-state index in [0.717, 1.165) is 0 Å². The Bertz CT molecular complexity index is 595. The van der Waals surface area contributed by atoms with Gasteiger partial charge in [0.05, 0.1) is 6.33 Å². The standard InChI is InChI=1S/C9H15N7O/c1-9(11-2,12-3)16-4-13-5-6(16)14-8(10)15-7(5)17/h4,11-12H,1-3H3,(H3,10,14,15,17). The number of anilines is 1. The summed E-state index contributed by atoms with van der Waals surface area (Å²) in [5.74, 6) is -0.527. The molecule has 0 saturated heterocycles. The number of imidazole rings is 1. The van der Waals surface area contributed by atoms with Crippen LogP contribution in [-0.4, -0.2) is 33.6 Å². The second kappa shape index (κ2) is 3.82. The molecule has 8 nitrogen and oxygen atoms in total. The first kappa shape index (κ1) is 11.6. The lowest BCUT2D eigenvalue weighted by Gasteiger charge is -2.30. The summed E-state index contributed by atoms with van der Waals surface area (Å²) < 4.78 is 1.72. The smallest absolute Gasteiger partial charge is 0.280 e. The van der Waals surface area contributed by atoms with E-state index in [0.29, 0.717) is 5.65 Å². The second-order valence-electron chi connectivity index (χ2n) is 3.81. The van der Waals surface area contributed by atoms with Gasteiger partial charge in [-0.1, -0.05) is 0 Å². The average Bonchev–Trinajstić information content (AvgIpc) is 2.72. The number of H-pyrrole nitrogens is 1. The van der Waals surface area contributed by atoms with Crippen LogP contribution < -0.4 is 21.9 Å². The quantitative estimate of drug-likeness (QED) is 0.497. The number of aromatic amines is 1. The molecule has 2 aromatic rings. The van der Waals surface area contributed by atoms with Crippen molar-refractivity contribution in [2.24, 2.45) is 0 Å². The highest BCUT2D eigenvalue weighted by Gasteiger charge is 2.25. The molecule has 2 heterocycles.